The second-order valence-electron chi connectivity index (χ2n) is 3.80. The molecule has 6 nitrogen and oxygen atoms in total. The molecule has 0 saturated heterocycles. The quantitative estimate of drug-likeness (QED) is 0.720. The molecule has 90 valence electrons. The van der Waals surface area contributed by atoms with Crippen molar-refractivity contribution in [2.75, 3.05) is 0 Å². The zero-order valence-electron chi connectivity index (χ0n) is 9.38. The van der Waals surface area contributed by atoms with Gasteiger partial charge in [-0.25, -0.2) is 4.98 Å². The van der Waals surface area contributed by atoms with E-state index in [4.69, 9.17) is 11.6 Å². The first-order valence-electron chi connectivity index (χ1n) is 5.23. The minimum absolute atomic E-state index is 0.209. The average molecular weight is 262 g/mol. The number of hydrogen-bond acceptors (Lipinski definition) is 4. The van der Waals surface area contributed by atoms with Gasteiger partial charge in [-0.15, -0.1) is 5.10 Å². The van der Waals surface area contributed by atoms with Crippen molar-refractivity contribution in [1.29, 1.82) is 0 Å². The zero-order chi connectivity index (χ0) is 12.7. The minimum atomic E-state index is -0.300. The Morgan fingerprint density at radius 3 is 3.00 bits per heavy atom. The summed E-state index contributed by atoms with van der Waals surface area (Å²) in [6, 6.07) is 7.10. The van der Waals surface area contributed by atoms with Crippen molar-refractivity contribution in [2.24, 2.45) is 0 Å². The summed E-state index contributed by atoms with van der Waals surface area (Å²) in [4.78, 5) is 18.5. The Morgan fingerprint density at radius 2 is 2.22 bits per heavy atom. The summed E-state index contributed by atoms with van der Waals surface area (Å²) in [6.45, 7) is 1.70. The molecule has 0 aliphatic heterocycles. The van der Waals surface area contributed by atoms with Crippen LogP contribution in [0, 0.1) is 6.92 Å². The first-order valence-corrected chi connectivity index (χ1v) is 5.61. The maximum absolute atomic E-state index is 11.7. The van der Waals surface area contributed by atoms with Gasteiger partial charge in [0.25, 0.3) is 5.56 Å². The van der Waals surface area contributed by atoms with Crippen LogP contribution in [-0.2, 0) is 0 Å². The minimum Gasteiger partial charge on any atom is -0.309 e. The van der Waals surface area contributed by atoms with Gasteiger partial charge < -0.3 is 4.98 Å². The highest BCUT2D eigenvalue weighted by atomic mass is 35.5. The Balaban J connectivity index is 2.34. The summed E-state index contributed by atoms with van der Waals surface area (Å²) in [5.74, 6) is 0.512. The molecule has 3 aromatic rings. The summed E-state index contributed by atoms with van der Waals surface area (Å²) >= 11 is 5.93. The van der Waals surface area contributed by atoms with E-state index >= 15 is 0 Å². The molecule has 2 aromatic heterocycles. The summed E-state index contributed by atoms with van der Waals surface area (Å²) in [6.07, 6.45) is 0. The van der Waals surface area contributed by atoms with Gasteiger partial charge in [0, 0.05) is 5.02 Å². The largest absolute Gasteiger partial charge is 0.309 e. The molecule has 0 radical (unpaired) electrons. The van der Waals surface area contributed by atoms with Crippen LogP contribution in [0.15, 0.2) is 29.1 Å². The van der Waals surface area contributed by atoms with Crippen molar-refractivity contribution in [3.05, 3.63) is 45.5 Å². The summed E-state index contributed by atoms with van der Waals surface area (Å²) < 4.78 is 1.49. The second kappa shape index (κ2) is 3.92. The highest BCUT2D eigenvalue weighted by Crippen LogP contribution is 2.16. The molecule has 0 saturated carbocycles. The lowest BCUT2D eigenvalue weighted by Gasteiger charge is -2.01. The van der Waals surface area contributed by atoms with E-state index in [0.29, 0.717) is 22.2 Å². The Kier molecular flexibility index (Phi) is 2.38. The molecule has 3 rings (SSSR count). The summed E-state index contributed by atoms with van der Waals surface area (Å²) in [5, 5.41) is 8.34. The molecule has 0 bridgehead atoms. The smallest absolute Gasteiger partial charge is 0.281 e. The van der Waals surface area contributed by atoms with Crippen molar-refractivity contribution >= 4 is 22.8 Å². The number of fused-ring (bicyclic) bond motifs is 1. The van der Waals surface area contributed by atoms with Crippen molar-refractivity contribution in [3.63, 3.8) is 0 Å². The number of aromatic nitrogens is 5. The van der Waals surface area contributed by atoms with Crippen molar-refractivity contribution in [3.8, 4) is 5.69 Å². The van der Waals surface area contributed by atoms with E-state index < -0.39 is 0 Å². The van der Waals surface area contributed by atoms with E-state index in [0.717, 1.165) is 0 Å². The molecule has 0 unspecified atom stereocenters. The highest BCUT2D eigenvalue weighted by Gasteiger charge is 2.11. The normalized spacial score (nSPS) is 11.0. The number of nitrogens with zero attached hydrogens (tertiary/aromatic N) is 4. The van der Waals surface area contributed by atoms with E-state index in [9.17, 15) is 4.79 Å². The number of aromatic amines is 1. The lowest BCUT2D eigenvalue weighted by atomic mass is 10.3. The molecule has 1 N–H and O–H groups in total. The fraction of sp³-hybridized carbons (Fsp3) is 0.0909. The van der Waals surface area contributed by atoms with Gasteiger partial charge >= 0.3 is 0 Å². The predicted molar refractivity (Wildman–Crippen MR) is 67.0 cm³/mol. The predicted octanol–water partition coefficient (Wildman–Crippen LogP) is 1.47. The number of aryl methyl sites for hydroxylation is 1. The lowest BCUT2D eigenvalue weighted by Crippen LogP contribution is -2.10. The van der Waals surface area contributed by atoms with Gasteiger partial charge in [0.05, 0.1) is 5.69 Å². The van der Waals surface area contributed by atoms with Crippen molar-refractivity contribution in [2.45, 2.75) is 6.92 Å². The first-order chi connectivity index (χ1) is 8.65. The van der Waals surface area contributed by atoms with Crippen LogP contribution in [0.2, 0.25) is 5.02 Å². The van der Waals surface area contributed by atoms with Crippen LogP contribution in [0.4, 0.5) is 0 Å². The monoisotopic (exact) mass is 261 g/mol. The number of hydrogen-bond donors (Lipinski definition) is 1. The molecule has 0 aliphatic rings. The number of nitrogens with one attached hydrogen (secondary N) is 1. The Bertz CT molecular complexity index is 791. The molecule has 7 heteroatoms. The molecule has 0 amide bonds. The molecule has 18 heavy (non-hydrogen) atoms. The molecular weight excluding hydrogens is 254 g/mol. The van der Waals surface area contributed by atoms with E-state index in [2.05, 4.69) is 20.3 Å². The SMILES string of the molecule is Cc1nc2c(nnn2-c2cccc(Cl)c2)c(=O)[nH]1. The van der Waals surface area contributed by atoms with Crippen LogP contribution in [-0.4, -0.2) is 25.0 Å². The second-order valence-corrected chi connectivity index (χ2v) is 4.24. The van der Waals surface area contributed by atoms with Gasteiger partial charge in [0.1, 0.15) is 5.82 Å². The number of benzene rings is 1. The molecule has 1 aromatic carbocycles. The third kappa shape index (κ3) is 1.67. The van der Waals surface area contributed by atoms with Gasteiger partial charge in [0.2, 0.25) is 0 Å². The molecule has 0 atom stereocenters. The van der Waals surface area contributed by atoms with Gasteiger partial charge in [-0.1, -0.05) is 22.9 Å². The van der Waals surface area contributed by atoms with Crippen LogP contribution in [0.3, 0.4) is 0 Å². The fourth-order valence-corrected chi connectivity index (χ4v) is 1.90. The van der Waals surface area contributed by atoms with Gasteiger partial charge in [-0.2, -0.15) is 4.68 Å². The van der Waals surface area contributed by atoms with E-state index in [1.165, 1.54) is 4.68 Å². The maximum atomic E-state index is 11.7. The first kappa shape index (κ1) is 10.9. The molecular formula is C11H8ClN5O. The van der Waals surface area contributed by atoms with Gasteiger partial charge in [-0.3, -0.25) is 4.79 Å². The molecule has 0 spiro atoms. The summed E-state index contributed by atoms with van der Waals surface area (Å²) in [7, 11) is 0. The van der Waals surface area contributed by atoms with Crippen LogP contribution in [0.5, 0.6) is 0 Å². The topological polar surface area (TPSA) is 76.5 Å². The maximum Gasteiger partial charge on any atom is 0.281 e. The fourth-order valence-electron chi connectivity index (χ4n) is 1.72. The summed E-state index contributed by atoms with van der Waals surface area (Å²) in [5.41, 5.74) is 1.03. The highest BCUT2D eigenvalue weighted by molar-refractivity contribution is 6.30. The van der Waals surface area contributed by atoms with Crippen LogP contribution in [0.25, 0.3) is 16.9 Å². The van der Waals surface area contributed by atoms with Crippen LogP contribution >= 0.6 is 11.6 Å². The van der Waals surface area contributed by atoms with Crippen LogP contribution in [0.1, 0.15) is 5.82 Å². The van der Waals surface area contributed by atoms with Crippen molar-refractivity contribution < 1.29 is 0 Å². The zero-order valence-corrected chi connectivity index (χ0v) is 10.1. The Morgan fingerprint density at radius 1 is 1.39 bits per heavy atom. The Hall–Kier alpha value is -2.21. The third-order valence-electron chi connectivity index (χ3n) is 2.48. The van der Waals surface area contributed by atoms with Crippen LogP contribution < -0.4 is 5.56 Å². The van der Waals surface area contributed by atoms with Gasteiger partial charge in [0.15, 0.2) is 11.2 Å². The van der Waals surface area contributed by atoms with E-state index in [1.807, 2.05) is 6.07 Å². The average Bonchev–Trinajstić information content (AvgIpc) is 2.72. The number of H-pyrrole nitrogens is 1. The van der Waals surface area contributed by atoms with Crippen molar-refractivity contribution in [1.82, 2.24) is 25.0 Å². The van der Waals surface area contributed by atoms with E-state index in [1.54, 1.807) is 25.1 Å². The standard InChI is InChI=1S/C11H8ClN5O/c1-6-13-10-9(11(18)14-6)15-16-17(10)8-4-2-3-7(12)5-8/h2-5H,1H3,(H,13,14,18). The van der Waals surface area contributed by atoms with Gasteiger partial charge in [-0.05, 0) is 25.1 Å². The molecule has 0 fully saturated rings. The number of rotatable bonds is 1. The number of halogens is 1. The third-order valence-corrected chi connectivity index (χ3v) is 2.72. The Labute approximate surface area is 106 Å². The molecule has 0 aliphatic carbocycles. The van der Waals surface area contributed by atoms with E-state index in [-0.39, 0.29) is 11.1 Å². The lowest BCUT2D eigenvalue weighted by molar-refractivity contribution is 0.816. The molecule has 2 heterocycles.